The molecule has 1 aliphatic rings. The number of aliphatic hydroxyl groups excluding tert-OH is 1. The molecule has 0 aromatic rings. The molecule has 0 aromatic heterocycles. The van der Waals surface area contributed by atoms with Crippen molar-refractivity contribution in [2.24, 2.45) is 0 Å². The molecule has 0 radical (unpaired) electrons. The van der Waals surface area contributed by atoms with Crippen molar-refractivity contribution in [1.82, 2.24) is 4.90 Å². The number of rotatable bonds is 2. The zero-order valence-electron chi connectivity index (χ0n) is 7.70. The lowest BCUT2D eigenvalue weighted by Crippen LogP contribution is -2.42. The van der Waals surface area contributed by atoms with E-state index >= 15 is 0 Å². The highest BCUT2D eigenvalue weighted by Crippen LogP contribution is 2.11. The molecule has 1 amide bonds. The minimum atomic E-state index is -0.344. The first-order chi connectivity index (χ1) is 6.24. The molecule has 72 valence electrons. The number of amides is 1. The maximum absolute atomic E-state index is 11.4. The number of piperidine rings is 1. The summed E-state index contributed by atoms with van der Waals surface area (Å²) in [6, 6.07) is 0. The van der Waals surface area contributed by atoms with Gasteiger partial charge >= 0.3 is 0 Å². The van der Waals surface area contributed by atoms with Crippen molar-refractivity contribution in [1.29, 1.82) is 0 Å². The van der Waals surface area contributed by atoms with Gasteiger partial charge in [0.15, 0.2) is 0 Å². The molecule has 0 aromatic carbocycles. The average molecular weight is 181 g/mol. The number of carbonyl (C=O) groups is 1. The molecule has 3 heteroatoms. The van der Waals surface area contributed by atoms with Crippen molar-refractivity contribution in [2.75, 3.05) is 13.1 Å². The summed E-state index contributed by atoms with van der Waals surface area (Å²) in [6.07, 6.45) is 7.31. The van der Waals surface area contributed by atoms with E-state index in [1.807, 2.05) is 0 Å². The zero-order valence-corrected chi connectivity index (χ0v) is 7.70. The molecule has 1 saturated heterocycles. The van der Waals surface area contributed by atoms with E-state index in [4.69, 9.17) is 6.42 Å². The number of terminal acetylenes is 1. The average Bonchev–Trinajstić information content (AvgIpc) is 2.14. The second-order valence-corrected chi connectivity index (χ2v) is 3.34. The van der Waals surface area contributed by atoms with E-state index < -0.39 is 0 Å². The van der Waals surface area contributed by atoms with Crippen LogP contribution >= 0.6 is 0 Å². The molecule has 0 aliphatic carbocycles. The van der Waals surface area contributed by atoms with Gasteiger partial charge in [0, 0.05) is 25.9 Å². The first-order valence-electron chi connectivity index (χ1n) is 4.63. The van der Waals surface area contributed by atoms with Crippen LogP contribution in [0, 0.1) is 12.3 Å². The third-order valence-electron chi connectivity index (χ3n) is 2.23. The van der Waals surface area contributed by atoms with E-state index in [1.165, 1.54) is 0 Å². The lowest BCUT2D eigenvalue weighted by molar-refractivity contribution is -0.134. The molecule has 0 bridgehead atoms. The van der Waals surface area contributed by atoms with Gasteiger partial charge in [-0.15, -0.1) is 12.3 Å². The van der Waals surface area contributed by atoms with Gasteiger partial charge in [0.2, 0.25) is 5.91 Å². The summed E-state index contributed by atoms with van der Waals surface area (Å²) < 4.78 is 0. The van der Waals surface area contributed by atoms with E-state index in [9.17, 15) is 9.90 Å². The van der Waals surface area contributed by atoms with Crippen LogP contribution in [0.5, 0.6) is 0 Å². The number of hydrogen-bond donors (Lipinski definition) is 1. The molecule has 0 spiro atoms. The van der Waals surface area contributed by atoms with Gasteiger partial charge in [-0.05, 0) is 12.8 Å². The predicted octanol–water partition coefficient (Wildman–Crippen LogP) is 0.383. The normalized spacial score (nSPS) is 22.5. The van der Waals surface area contributed by atoms with E-state index in [0.29, 0.717) is 19.4 Å². The lowest BCUT2D eigenvalue weighted by Gasteiger charge is -2.29. The van der Waals surface area contributed by atoms with Crippen molar-refractivity contribution in [3.05, 3.63) is 0 Å². The fourth-order valence-electron chi connectivity index (χ4n) is 1.52. The molecule has 0 unspecified atom stereocenters. The lowest BCUT2D eigenvalue weighted by atomic mass is 10.1. The fraction of sp³-hybridized carbons (Fsp3) is 0.700. The predicted molar refractivity (Wildman–Crippen MR) is 49.9 cm³/mol. The minimum absolute atomic E-state index is 0.0664. The van der Waals surface area contributed by atoms with Crippen LogP contribution in [-0.4, -0.2) is 35.1 Å². The second kappa shape index (κ2) is 4.88. The largest absolute Gasteiger partial charge is 0.391 e. The highest BCUT2D eigenvalue weighted by Gasteiger charge is 2.20. The Kier molecular flexibility index (Phi) is 3.78. The maximum atomic E-state index is 11.4. The van der Waals surface area contributed by atoms with Crippen LogP contribution in [0.25, 0.3) is 0 Å². The van der Waals surface area contributed by atoms with Crippen molar-refractivity contribution < 1.29 is 9.90 Å². The van der Waals surface area contributed by atoms with Crippen LogP contribution in [0.2, 0.25) is 0 Å². The monoisotopic (exact) mass is 181 g/mol. The topological polar surface area (TPSA) is 40.5 Å². The molecule has 1 heterocycles. The zero-order chi connectivity index (χ0) is 9.68. The number of aliphatic hydroxyl groups is 1. The summed E-state index contributed by atoms with van der Waals surface area (Å²) in [7, 11) is 0. The third-order valence-corrected chi connectivity index (χ3v) is 2.23. The van der Waals surface area contributed by atoms with Crippen LogP contribution < -0.4 is 0 Å². The Balaban J connectivity index is 2.33. The molecule has 1 N–H and O–H groups in total. The van der Waals surface area contributed by atoms with Gasteiger partial charge in [-0.25, -0.2) is 0 Å². The Hall–Kier alpha value is -1.01. The smallest absolute Gasteiger partial charge is 0.223 e. The van der Waals surface area contributed by atoms with Crippen LogP contribution in [0.1, 0.15) is 25.7 Å². The minimum Gasteiger partial charge on any atom is -0.391 e. The number of nitrogens with zero attached hydrogens (tertiary/aromatic N) is 1. The molecule has 1 fully saturated rings. The summed E-state index contributed by atoms with van der Waals surface area (Å²) in [4.78, 5) is 13.1. The van der Waals surface area contributed by atoms with Gasteiger partial charge < -0.3 is 10.0 Å². The summed E-state index contributed by atoms with van der Waals surface area (Å²) in [6.45, 7) is 1.24. The van der Waals surface area contributed by atoms with E-state index in [0.717, 1.165) is 19.4 Å². The van der Waals surface area contributed by atoms with Crippen LogP contribution in [0.15, 0.2) is 0 Å². The van der Waals surface area contributed by atoms with Crippen molar-refractivity contribution in [3.8, 4) is 12.3 Å². The number of likely N-dealkylation sites (tertiary alicyclic amines) is 1. The molecular weight excluding hydrogens is 166 g/mol. The molecule has 3 nitrogen and oxygen atoms in total. The van der Waals surface area contributed by atoms with E-state index in [-0.39, 0.29) is 12.0 Å². The highest BCUT2D eigenvalue weighted by atomic mass is 16.3. The van der Waals surface area contributed by atoms with E-state index in [1.54, 1.807) is 4.90 Å². The molecule has 0 saturated carbocycles. The van der Waals surface area contributed by atoms with Gasteiger partial charge in [-0.1, -0.05) is 0 Å². The quantitative estimate of drug-likeness (QED) is 0.626. The SMILES string of the molecule is C#CCCC(=O)N1CCC[C@H](O)C1. The van der Waals surface area contributed by atoms with Crippen LogP contribution in [0.3, 0.4) is 0 Å². The Bertz CT molecular complexity index is 219. The summed E-state index contributed by atoms with van der Waals surface area (Å²) >= 11 is 0. The van der Waals surface area contributed by atoms with Gasteiger partial charge in [0.05, 0.1) is 6.10 Å². The summed E-state index contributed by atoms with van der Waals surface area (Å²) in [5, 5.41) is 9.32. The van der Waals surface area contributed by atoms with Crippen LogP contribution in [-0.2, 0) is 4.79 Å². The van der Waals surface area contributed by atoms with E-state index in [2.05, 4.69) is 5.92 Å². The third kappa shape index (κ3) is 3.08. The first kappa shape index (κ1) is 10.1. The molecule has 13 heavy (non-hydrogen) atoms. The molecule has 1 rings (SSSR count). The van der Waals surface area contributed by atoms with Gasteiger partial charge in [-0.2, -0.15) is 0 Å². The molecule has 1 atom stereocenters. The second-order valence-electron chi connectivity index (χ2n) is 3.34. The van der Waals surface area contributed by atoms with Gasteiger partial charge in [0.1, 0.15) is 0 Å². The Labute approximate surface area is 78.7 Å². The van der Waals surface area contributed by atoms with Gasteiger partial charge in [0.25, 0.3) is 0 Å². The number of hydrogen-bond acceptors (Lipinski definition) is 2. The number of carbonyl (C=O) groups excluding carboxylic acids is 1. The Morgan fingerprint density at radius 1 is 1.69 bits per heavy atom. The highest BCUT2D eigenvalue weighted by molar-refractivity contribution is 5.76. The van der Waals surface area contributed by atoms with Crippen molar-refractivity contribution in [2.45, 2.75) is 31.8 Å². The summed E-state index contributed by atoms with van der Waals surface area (Å²) in [5.41, 5.74) is 0. The van der Waals surface area contributed by atoms with Gasteiger partial charge in [-0.3, -0.25) is 4.79 Å². The number of β-amino-alcohol motifs (C(OH)–C–C–N with tert-alkyl or cyclic N) is 1. The molecular formula is C10H15NO2. The first-order valence-corrected chi connectivity index (χ1v) is 4.63. The van der Waals surface area contributed by atoms with Crippen molar-refractivity contribution >= 4 is 5.91 Å². The Morgan fingerprint density at radius 3 is 3.08 bits per heavy atom. The Morgan fingerprint density at radius 2 is 2.46 bits per heavy atom. The maximum Gasteiger partial charge on any atom is 0.223 e. The fourth-order valence-corrected chi connectivity index (χ4v) is 1.52. The van der Waals surface area contributed by atoms with Crippen molar-refractivity contribution in [3.63, 3.8) is 0 Å². The standard InChI is InChI=1S/C10H15NO2/c1-2-3-6-10(13)11-7-4-5-9(12)8-11/h1,9,12H,3-8H2/t9-/m0/s1. The summed E-state index contributed by atoms with van der Waals surface area (Å²) in [5.74, 6) is 2.51. The van der Waals surface area contributed by atoms with Crippen LogP contribution in [0.4, 0.5) is 0 Å². The molecule has 1 aliphatic heterocycles.